The summed E-state index contributed by atoms with van der Waals surface area (Å²) in [6.07, 6.45) is 5.44. The Kier molecular flexibility index (Phi) is 4.40. The van der Waals surface area contributed by atoms with Gasteiger partial charge in [-0.25, -0.2) is 0 Å². The van der Waals surface area contributed by atoms with E-state index in [0.29, 0.717) is 23.8 Å². The van der Waals surface area contributed by atoms with Crippen LogP contribution in [0.1, 0.15) is 58.4 Å². The molecule has 0 aliphatic carbocycles. The Hall–Kier alpha value is -1.15. The summed E-state index contributed by atoms with van der Waals surface area (Å²) in [5.41, 5.74) is 1.52. The SMILES string of the molecule is CC(C)(C)CC(=O)C1CC2CCC(C1)N2Cc1ccccc1. The van der Waals surface area contributed by atoms with Gasteiger partial charge in [0.1, 0.15) is 5.78 Å². The smallest absolute Gasteiger partial charge is 0.136 e. The van der Waals surface area contributed by atoms with Crippen LogP contribution in [0.3, 0.4) is 0 Å². The third-order valence-corrected chi connectivity index (χ3v) is 5.25. The van der Waals surface area contributed by atoms with Crippen LogP contribution in [0.25, 0.3) is 0 Å². The van der Waals surface area contributed by atoms with Crippen LogP contribution in [0.2, 0.25) is 0 Å². The van der Waals surface area contributed by atoms with Crippen LogP contribution >= 0.6 is 0 Å². The van der Waals surface area contributed by atoms with Crippen molar-refractivity contribution in [2.24, 2.45) is 11.3 Å². The third-order valence-electron chi connectivity index (χ3n) is 5.25. The Bertz CT molecular complexity index is 502. The monoisotopic (exact) mass is 299 g/mol. The largest absolute Gasteiger partial charge is 0.299 e. The number of carbonyl (C=O) groups is 1. The van der Waals surface area contributed by atoms with Crippen LogP contribution in [0.5, 0.6) is 0 Å². The second-order valence-electron chi connectivity index (χ2n) is 8.42. The number of carbonyl (C=O) groups excluding carboxylic acids is 1. The Morgan fingerprint density at radius 2 is 1.68 bits per heavy atom. The normalized spacial score (nSPS) is 28.8. The van der Waals surface area contributed by atoms with Crippen molar-refractivity contribution in [2.75, 3.05) is 0 Å². The first-order valence-electron chi connectivity index (χ1n) is 8.75. The molecule has 22 heavy (non-hydrogen) atoms. The summed E-state index contributed by atoms with van der Waals surface area (Å²) >= 11 is 0. The van der Waals surface area contributed by atoms with Gasteiger partial charge in [0.25, 0.3) is 0 Å². The number of rotatable bonds is 4. The number of fused-ring (bicyclic) bond motifs is 2. The molecule has 2 aliphatic rings. The molecule has 2 atom stereocenters. The highest BCUT2D eigenvalue weighted by molar-refractivity contribution is 5.81. The molecule has 120 valence electrons. The maximum atomic E-state index is 12.6. The third kappa shape index (κ3) is 3.60. The summed E-state index contributed by atoms with van der Waals surface area (Å²) in [4.78, 5) is 15.2. The zero-order chi connectivity index (χ0) is 15.7. The predicted octanol–water partition coefficient (Wildman–Crippen LogP) is 4.43. The molecular weight excluding hydrogens is 270 g/mol. The standard InChI is InChI=1S/C20H29NO/c1-20(2,3)13-19(22)16-11-17-9-10-18(12-16)21(17)14-15-7-5-4-6-8-15/h4-8,16-18H,9-14H2,1-3H3. The van der Waals surface area contributed by atoms with Gasteiger partial charge in [-0.05, 0) is 36.7 Å². The first-order chi connectivity index (χ1) is 10.4. The highest BCUT2D eigenvalue weighted by Crippen LogP contribution is 2.41. The zero-order valence-corrected chi connectivity index (χ0v) is 14.2. The summed E-state index contributed by atoms with van der Waals surface area (Å²) in [6.45, 7) is 7.56. The highest BCUT2D eigenvalue weighted by atomic mass is 16.1. The Balaban J connectivity index is 1.63. The van der Waals surface area contributed by atoms with Gasteiger partial charge < -0.3 is 0 Å². The average molecular weight is 299 g/mol. The topological polar surface area (TPSA) is 20.3 Å². The van der Waals surface area contributed by atoms with Crippen molar-refractivity contribution in [1.29, 1.82) is 0 Å². The van der Waals surface area contributed by atoms with E-state index < -0.39 is 0 Å². The maximum Gasteiger partial charge on any atom is 0.136 e. The van der Waals surface area contributed by atoms with E-state index in [9.17, 15) is 4.79 Å². The summed E-state index contributed by atoms with van der Waals surface area (Å²) in [5, 5.41) is 0. The number of hydrogen-bond donors (Lipinski definition) is 0. The van der Waals surface area contributed by atoms with Crippen LogP contribution in [-0.4, -0.2) is 22.8 Å². The molecule has 2 saturated heterocycles. The van der Waals surface area contributed by atoms with Gasteiger partial charge in [-0.2, -0.15) is 0 Å². The molecule has 2 nitrogen and oxygen atoms in total. The van der Waals surface area contributed by atoms with Crippen molar-refractivity contribution < 1.29 is 4.79 Å². The van der Waals surface area contributed by atoms with Crippen molar-refractivity contribution >= 4 is 5.78 Å². The van der Waals surface area contributed by atoms with E-state index in [2.05, 4.69) is 56.0 Å². The molecule has 2 unspecified atom stereocenters. The van der Waals surface area contributed by atoms with Crippen LogP contribution in [0.4, 0.5) is 0 Å². The van der Waals surface area contributed by atoms with Gasteiger partial charge in [0.05, 0.1) is 0 Å². The van der Waals surface area contributed by atoms with E-state index >= 15 is 0 Å². The van der Waals surface area contributed by atoms with Crippen molar-refractivity contribution in [2.45, 2.75) is 71.5 Å². The molecule has 1 aromatic rings. The zero-order valence-electron chi connectivity index (χ0n) is 14.2. The molecule has 1 aromatic carbocycles. The van der Waals surface area contributed by atoms with Crippen molar-refractivity contribution in [1.82, 2.24) is 4.90 Å². The molecule has 0 amide bonds. The quantitative estimate of drug-likeness (QED) is 0.819. The van der Waals surface area contributed by atoms with E-state index in [1.165, 1.54) is 18.4 Å². The lowest BCUT2D eigenvalue weighted by molar-refractivity contribution is -0.127. The second-order valence-corrected chi connectivity index (χ2v) is 8.42. The summed E-state index contributed by atoms with van der Waals surface area (Å²) in [7, 11) is 0. The van der Waals surface area contributed by atoms with E-state index in [1.54, 1.807) is 0 Å². The molecule has 0 spiro atoms. The molecular formula is C20H29NO. The van der Waals surface area contributed by atoms with E-state index in [1.807, 2.05) is 0 Å². The van der Waals surface area contributed by atoms with Crippen LogP contribution in [0, 0.1) is 11.3 Å². The van der Waals surface area contributed by atoms with Gasteiger partial charge in [0.15, 0.2) is 0 Å². The van der Waals surface area contributed by atoms with Crippen LogP contribution in [-0.2, 0) is 11.3 Å². The fourth-order valence-electron chi connectivity index (χ4n) is 4.26. The van der Waals surface area contributed by atoms with Crippen molar-refractivity contribution in [3.05, 3.63) is 35.9 Å². The fourth-order valence-corrected chi connectivity index (χ4v) is 4.26. The van der Waals surface area contributed by atoms with E-state index in [0.717, 1.165) is 25.8 Å². The lowest BCUT2D eigenvalue weighted by Gasteiger charge is -2.39. The lowest BCUT2D eigenvalue weighted by Crippen LogP contribution is -2.44. The lowest BCUT2D eigenvalue weighted by atomic mass is 9.80. The fraction of sp³-hybridized carbons (Fsp3) is 0.650. The minimum atomic E-state index is 0.122. The van der Waals surface area contributed by atoms with Gasteiger partial charge >= 0.3 is 0 Å². The number of benzene rings is 1. The summed E-state index contributed by atoms with van der Waals surface area (Å²) < 4.78 is 0. The molecule has 0 aromatic heterocycles. The molecule has 0 saturated carbocycles. The average Bonchev–Trinajstić information content (AvgIpc) is 2.69. The number of Topliss-reactive ketones (excluding diaryl/α,β-unsaturated/α-hetero) is 1. The first kappa shape index (κ1) is 15.7. The Morgan fingerprint density at radius 3 is 2.23 bits per heavy atom. The molecule has 2 heteroatoms. The second kappa shape index (κ2) is 6.16. The van der Waals surface area contributed by atoms with Gasteiger partial charge in [-0.1, -0.05) is 51.1 Å². The number of ketones is 1. The number of nitrogens with zero attached hydrogens (tertiary/aromatic N) is 1. The molecule has 2 heterocycles. The minimum Gasteiger partial charge on any atom is -0.299 e. The number of hydrogen-bond acceptors (Lipinski definition) is 2. The molecule has 0 radical (unpaired) electrons. The maximum absolute atomic E-state index is 12.6. The van der Waals surface area contributed by atoms with E-state index in [4.69, 9.17) is 0 Å². The van der Waals surface area contributed by atoms with Gasteiger partial charge in [0, 0.05) is 31.0 Å². The predicted molar refractivity (Wildman–Crippen MR) is 90.6 cm³/mol. The Morgan fingerprint density at radius 1 is 1.09 bits per heavy atom. The van der Waals surface area contributed by atoms with Gasteiger partial charge in [-0.3, -0.25) is 9.69 Å². The molecule has 0 N–H and O–H groups in total. The highest BCUT2D eigenvalue weighted by Gasteiger charge is 2.42. The Labute approximate surface area is 134 Å². The van der Waals surface area contributed by atoms with Crippen LogP contribution in [0.15, 0.2) is 30.3 Å². The summed E-state index contributed by atoms with van der Waals surface area (Å²) in [6, 6.07) is 12.0. The van der Waals surface area contributed by atoms with Gasteiger partial charge in [-0.15, -0.1) is 0 Å². The first-order valence-corrected chi connectivity index (χ1v) is 8.75. The molecule has 3 rings (SSSR count). The molecule has 2 fully saturated rings. The van der Waals surface area contributed by atoms with E-state index in [-0.39, 0.29) is 5.41 Å². The van der Waals surface area contributed by atoms with Crippen molar-refractivity contribution in [3.8, 4) is 0 Å². The van der Waals surface area contributed by atoms with Crippen LogP contribution < -0.4 is 0 Å². The molecule has 2 bridgehead atoms. The summed E-state index contributed by atoms with van der Waals surface area (Å²) in [5.74, 6) is 0.813. The van der Waals surface area contributed by atoms with Gasteiger partial charge in [0.2, 0.25) is 0 Å². The number of piperidine rings is 1. The van der Waals surface area contributed by atoms with Crippen molar-refractivity contribution in [3.63, 3.8) is 0 Å². The minimum absolute atomic E-state index is 0.122. The molecule has 2 aliphatic heterocycles.